The van der Waals surface area contributed by atoms with Gasteiger partial charge in [0.1, 0.15) is 6.04 Å². The van der Waals surface area contributed by atoms with Gasteiger partial charge in [0, 0.05) is 6.61 Å². The van der Waals surface area contributed by atoms with Crippen molar-refractivity contribution in [3.05, 3.63) is 0 Å². The molecule has 21 heavy (non-hydrogen) atoms. The topological polar surface area (TPSA) is 47.6 Å². The Balaban J connectivity index is 4.56. The summed E-state index contributed by atoms with van der Waals surface area (Å²) in [6.45, 7) is 2.61. The Morgan fingerprint density at radius 2 is 1.62 bits per heavy atom. The largest absolute Gasteiger partial charge is 0.465 e. The van der Waals surface area contributed by atoms with E-state index in [4.69, 9.17) is 0 Å². The first-order valence-corrected chi connectivity index (χ1v) is 6.19. The highest BCUT2D eigenvalue weighted by molar-refractivity contribution is 5.75. The van der Waals surface area contributed by atoms with Crippen LogP contribution in [0, 0.1) is 0 Å². The third-order valence-electron chi connectivity index (χ3n) is 2.31. The van der Waals surface area contributed by atoms with Gasteiger partial charge < -0.3 is 14.8 Å². The van der Waals surface area contributed by atoms with Crippen molar-refractivity contribution in [2.24, 2.45) is 0 Å². The van der Waals surface area contributed by atoms with Crippen molar-refractivity contribution in [1.82, 2.24) is 5.32 Å². The maximum absolute atomic E-state index is 12.2. The van der Waals surface area contributed by atoms with Crippen molar-refractivity contribution < 1.29 is 40.6 Å². The fraction of sp³-hybridized carbons (Fsp3) is 0.909. The zero-order valence-corrected chi connectivity index (χ0v) is 11.5. The number of carbonyl (C=O) groups excluding carboxylic acids is 1. The van der Waals surface area contributed by atoms with E-state index in [1.165, 1.54) is 6.92 Å². The summed E-state index contributed by atoms with van der Waals surface area (Å²) in [4.78, 5) is 11.4. The Morgan fingerprint density at radius 3 is 2.00 bits per heavy atom. The third kappa shape index (κ3) is 7.51. The minimum atomic E-state index is -5.56. The van der Waals surface area contributed by atoms with Crippen LogP contribution in [0.2, 0.25) is 0 Å². The molecule has 0 aromatic rings. The monoisotopic (exact) mass is 325 g/mol. The van der Waals surface area contributed by atoms with Crippen LogP contribution < -0.4 is 5.32 Å². The number of alkyl halides is 6. The minimum absolute atomic E-state index is 0.0509. The minimum Gasteiger partial charge on any atom is -0.465 e. The van der Waals surface area contributed by atoms with Gasteiger partial charge in [-0.2, -0.15) is 26.3 Å². The lowest BCUT2D eigenvalue weighted by Gasteiger charge is -2.24. The molecule has 0 aliphatic carbocycles. The molecule has 0 aromatic heterocycles. The van der Waals surface area contributed by atoms with Gasteiger partial charge in [-0.25, -0.2) is 0 Å². The molecule has 0 saturated carbocycles. The zero-order chi connectivity index (χ0) is 16.7. The molecular formula is C11H17F6NO3. The zero-order valence-electron chi connectivity index (χ0n) is 11.5. The Morgan fingerprint density at radius 1 is 1.10 bits per heavy atom. The smallest absolute Gasteiger partial charge is 0.423 e. The summed E-state index contributed by atoms with van der Waals surface area (Å²) < 4.78 is 81.8. The molecule has 0 fully saturated rings. The van der Waals surface area contributed by atoms with Crippen LogP contribution in [-0.2, 0) is 14.3 Å². The Labute approximate surface area is 117 Å². The molecule has 0 aliphatic rings. The summed E-state index contributed by atoms with van der Waals surface area (Å²) in [7, 11) is 0. The van der Waals surface area contributed by atoms with E-state index < -0.39 is 37.1 Å². The molecule has 0 radical (unpaired) electrons. The van der Waals surface area contributed by atoms with Crippen LogP contribution in [0.1, 0.15) is 20.3 Å². The number of esters is 1. The van der Waals surface area contributed by atoms with Crippen molar-refractivity contribution >= 4 is 5.97 Å². The van der Waals surface area contributed by atoms with Gasteiger partial charge in [-0.1, -0.05) is 6.92 Å². The molecule has 126 valence electrons. The van der Waals surface area contributed by atoms with Crippen LogP contribution >= 0.6 is 0 Å². The molecule has 10 heteroatoms. The molecule has 0 bridgehead atoms. The van der Waals surface area contributed by atoms with Gasteiger partial charge in [0.15, 0.2) is 0 Å². The predicted molar refractivity (Wildman–Crippen MR) is 60.6 cm³/mol. The number of carbonyl (C=O) groups is 1. The van der Waals surface area contributed by atoms with Crippen molar-refractivity contribution in [3.63, 3.8) is 0 Å². The van der Waals surface area contributed by atoms with Crippen LogP contribution in [0.25, 0.3) is 0 Å². The SMILES string of the molecule is CCNC(CCOC(C(F)(F)F)C(F)(F)F)C(=O)OCC. The summed E-state index contributed by atoms with van der Waals surface area (Å²) >= 11 is 0. The summed E-state index contributed by atoms with van der Waals surface area (Å²) in [5.41, 5.74) is 0. The first-order chi connectivity index (χ1) is 9.54. The molecular weight excluding hydrogens is 308 g/mol. The van der Waals surface area contributed by atoms with Gasteiger partial charge in [-0.15, -0.1) is 0 Å². The second kappa shape index (κ2) is 8.42. The predicted octanol–water partition coefficient (Wildman–Crippen LogP) is 2.43. The normalized spacial score (nSPS) is 14.3. The van der Waals surface area contributed by atoms with E-state index in [-0.39, 0.29) is 13.0 Å². The number of rotatable bonds is 8. The average Bonchev–Trinajstić information content (AvgIpc) is 2.30. The third-order valence-corrected chi connectivity index (χ3v) is 2.31. The van der Waals surface area contributed by atoms with E-state index in [0.717, 1.165) is 0 Å². The summed E-state index contributed by atoms with van der Waals surface area (Å²) in [6, 6.07) is -1.02. The van der Waals surface area contributed by atoms with Crippen LogP contribution in [0.4, 0.5) is 26.3 Å². The van der Waals surface area contributed by atoms with E-state index in [1.54, 1.807) is 6.92 Å². The fourth-order valence-corrected chi connectivity index (χ4v) is 1.47. The van der Waals surface area contributed by atoms with Crippen molar-refractivity contribution in [2.75, 3.05) is 19.8 Å². The van der Waals surface area contributed by atoms with Crippen molar-refractivity contribution in [2.45, 2.75) is 44.8 Å². The molecule has 0 spiro atoms. The van der Waals surface area contributed by atoms with Crippen LogP contribution in [0.15, 0.2) is 0 Å². The molecule has 0 heterocycles. The molecule has 0 aliphatic heterocycles. The highest BCUT2D eigenvalue weighted by atomic mass is 19.4. The molecule has 0 amide bonds. The first kappa shape index (κ1) is 20.0. The van der Waals surface area contributed by atoms with E-state index in [1.807, 2.05) is 0 Å². The first-order valence-electron chi connectivity index (χ1n) is 6.19. The van der Waals surface area contributed by atoms with Crippen molar-refractivity contribution in [1.29, 1.82) is 0 Å². The molecule has 1 atom stereocenters. The highest BCUT2D eigenvalue weighted by Gasteiger charge is 2.57. The van der Waals surface area contributed by atoms with Gasteiger partial charge in [0.25, 0.3) is 0 Å². The number of likely N-dealkylation sites (N-methyl/N-ethyl adjacent to an activating group) is 1. The molecule has 1 unspecified atom stereocenters. The van der Waals surface area contributed by atoms with Crippen molar-refractivity contribution in [3.8, 4) is 0 Å². The van der Waals surface area contributed by atoms with Gasteiger partial charge in [-0.3, -0.25) is 4.79 Å². The van der Waals surface area contributed by atoms with Crippen LogP contribution in [0.5, 0.6) is 0 Å². The second-order valence-corrected chi connectivity index (χ2v) is 3.99. The maximum atomic E-state index is 12.2. The van der Waals surface area contributed by atoms with E-state index in [0.29, 0.717) is 6.54 Å². The summed E-state index contributed by atoms with van der Waals surface area (Å²) in [5, 5.41) is 2.60. The fourth-order valence-electron chi connectivity index (χ4n) is 1.47. The van der Waals surface area contributed by atoms with Gasteiger partial charge in [0.2, 0.25) is 6.10 Å². The maximum Gasteiger partial charge on any atom is 0.423 e. The molecule has 4 nitrogen and oxygen atoms in total. The number of nitrogens with one attached hydrogen (secondary N) is 1. The number of hydrogen-bond donors (Lipinski definition) is 1. The molecule has 0 rings (SSSR count). The Hall–Kier alpha value is -1.03. The molecule has 0 aromatic carbocycles. The van der Waals surface area contributed by atoms with Gasteiger partial charge in [0.05, 0.1) is 6.61 Å². The number of ether oxygens (including phenoxy) is 2. The number of hydrogen-bond acceptors (Lipinski definition) is 4. The van der Waals surface area contributed by atoms with Gasteiger partial charge in [-0.05, 0) is 19.9 Å². The highest BCUT2D eigenvalue weighted by Crippen LogP contribution is 2.35. The van der Waals surface area contributed by atoms with E-state index >= 15 is 0 Å². The standard InChI is InChI=1S/C11H17F6NO3/c1-3-18-7(8(19)20-4-2)5-6-21-9(10(12,13)14)11(15,16)17/h7,9,18H,3-6H2,1-2H3. The second-order valence-electron chi connectivity index (χ2n) is 3.99. The Bertz CT molecular complexity index is 304. The van der Waals surface area contributed by atoms with E-state index in [9.17, 15) is 31.1 Å². The van der Waals surface area contributed by atoms with E-state index in [2.05, 4.69) is 14.8 Å². The Kier molecular flexibility index (Phi) is 8.01. The van der Waals surface area contributed by atoms with Gasteiger partial charge >= 0.3 is 18.3 Å². The lowest BCUT2D eigenvalue weighted by Crippen LogP contribution is -2.45. The lowest BCUT2D eigenvalue weighted by atomic mass is 10.2. The number of halogens is 6. The molecule has 1 N–H and O–H groups in total. The van der Waals surface area contributed by atoms with Crippen LogP contribution in [-0.4, -0.2) is 50.2 Å². The van der Waals surface area contributed by atoms with Crippen LogP contribution in [0.3, 0.4) is 0 Å². The lowest BCUT2D eigenvalue weighted by molar-refractivity contribution is -0.321. The summed E-state index contributed by atoms with van der Waals surface area (Å²) in [5.74, 6) is -0.751. The summed E-state index contributed by atoms with van der Waals surface area (Å²) in [6.07, 6.45) is -15.4. The quantitative estimate of drug-likeness (QED) is 0.550. The molecule has 0 saturated heterocycles. The average molecular weight is 325 g/mol.